The minimum absolute atomic E-state index is 0.186. The summed E-state index contributed by atoms with van der Waals surface area (Å²) in [5.41, 5.74) is 2.17. The number of rotatable bonds is 4. The lowest BCUT2D eigenvalue weighted by molar-refractivity contribution is 0.582. The minimum Gasteiger partial charge on any atom is -0.338 e. The van der Waals surface area contributed by atoms with Crippen LogP contribution in [0.25, 0.3) is 10.9 Å². The first-order valence-corrected chi connectivity index (χ1v) is 10.7. The molecule has 0 spiro atoms. The van der Waals surface area contributed by atoms with E-state index < -0.39 is 15.1 Å². The van der Waals surface area contributed by atoms with Gasteiger partial charge in [0.2, 0.25) is 0 Å². The van der Waals surface area contributed by atoms with Crippen molar-refractivity contribution in [2.24, 2.45) is 5.92 Å². The van der Waals surface area contributed by atoms with Crippen molar-refractivity contribution in [1.29, 1.82) is 0 Å². The molecule has 1 saturated carbocycles. The molecule has 1 unspecified atom stereocenters. The first kappa shape index (κ1) is 16.6. The van der Waals surface area contributed by atoms with Gasteiger partial charge in [0.05, 0.1) is 15.7 Å². The van der Waals surface area contributed by atoms with E-state index in [0.717, 1.165) is 23.3 Å². The molecule has 1 aliphatic heterocycles. The lowest BCUT2D eigenvalue weighted by Crippen LogP contribution is -2.11. The average Bonchev–Trinajstić information content (AvgIpc) is 3.32. The molecule has 3 heterocycles. The fourth-order valence-corrected chi connectivity index (χ4v) is 5.37. The lowest BCUT2D eigenvalue weighted by Gasteiger charge is -2.06. The third-order valence-corrected chi connectivity index (χ3v) is 7.71. The predicted octanol–water partition coefficient (Wildman–Crippen LogP) is 2.60. The molecular formula is C19H20N4O3S. The average molecular weight is 384 g/mol. The van der Waals surface area contributed by atoms with Crippen molar-refractivity contribution in [3.05, 3.63) is 46.4 Å². The van der Waals surface area contributed by atoms with E-state index in [1.165, 1.54) is 12.8 Å². The Morgan fingerprint density at radius 3 is 2.89 bits per heavy atom. The summed E-state index contributed by atoms with van der Waals surface area (Å²) in [6, 6.07) is 7.09. The summed E-state index contributed by atoms with van der Waals surface area (Å²) in [5.74, 6) is 1.13. The Kier molecular flexibility index (Phi) is 3.49. The van der Waals surface area contributed by atoms with Crippen LogP contribution in [-0.4, -0.2) is 28.4 Å². The SMILES string of the molecule is CC1Cc2cc(Nc3nn(CC4CC4)c4cc[nH]c(=O)c34)ccc2S1(=O)=O. The number of benzene rings is 1. The molecule has 1 aromatic carbocycles. The van der Waals surface area contributed by atoms with Crippen molar-refractivity contribution in [1.82, 2.24) is 14.8 Å². The molecule has 1 aliphatic carbocycles. The number of fused-ring (bicyclic) bond motifs is 2. The van der Waals surface area contributed by atoms with Crippen LogP contribution in [0.5, 0.6) is 0 Å². The smallest absolute Gasteiger partial charge is 0.261 e. The number of nitrogens with zero attached hydrogens (tertiary/aromatic N) is 2. The fraction of sp³-hybridized carbons (Fsp3) is 0.368. The normalized spacial score (nSPS) is 20.7. The second kappa shape index (κ2) is 5.69. The quantitative estimate of drug-likeness (QED) is 0.721. The summed E-state index contributed by atoms with van der Waals surface area (Å²) in [4.78, 5) is 15.5. The van der Waals surface area contributed by atoms with Gasteiger partial charge in [-0.3, -0.25) is 9.48 Å². The Morgan fingerprint density at radius 1 is 1.30 bits per heavy atom. The molecule has 0 amide bonds. The van der Waals surface area contributed by atoms with Crippen molar-refractivity contribution in [3.8, 4) is 0 Å². The van der Waals surface area contributed by atoms with Crippen LogP contribution in [0.2, 0.25) is 0 Å². The predicted molar refractivity (Wildman–Crippen MR) is 103 cm³/mol. The summed E-state index contributed by atoms with van der Waals surface area (Å²) in [7, 11) is -3.22. The maximum absolute atomic E-state index is 12.4. The van der Waals surface area contributed by atoms with Gasteiger partial charge >= 0.3 is 0 Å². The zero-order valence-electron chi connectivity index (χ0n) is 14.9. The first-order valence-electron chi connectivity index (χ1n) is 9.15. The molecule has 7 nitrogen and oxygen atoms in total. The highest BCUT2D eigenvalue weighted by Crippen LogP contribution is 2.35. The standard InChI is InChI=1S/C19H20N4O3S/c1-11-8-13-9-14(4-5-16(13)27(11,25)26)21-18-17-15(6-7-20-19(17)24)23(22-18)10-12-2-3-12/h4-7,9,11-12H,2-3,8,10H2,1H3,(H,20,24)(H,21,22). The summed E-state index contributed by atoms with van der Waals surface area (Å²) < 4.78 is 26.5. The molecule has 1 atom stereocenters. The summed E-state index contributed by atoms with van der Waals surface area (Å²) in [6.07, 6.45) is 4.54. The lowest BCUT2D eigenvalue weighted by atomic mass is 10.1. The third-order valence-electron chi connectivity index (χ3n) is 5.47. The molecule has 1 fully saturated rings. The van der Waals surface area contributed by atoms with Crippen molar-refractivity contribution in [3.63, 3.8) is 0 Å². The Bertz CT molecular complexity index is 1220. The molecule has 0 saturated heterocycles. The van der Waals surface area contributed by atoms with Crippen molar-refractivity contribution >= 4 is 32.2 Å². The van der Waals surface area contributed by atoms with Crippen LogP contribution >= 0.6 is 0 Å². The van der Waals surface area contributed by atoms with Gasteiger partial charge in [-0.15, -0.1) is 0 Å². The molecule has 2 aromatic heterocycles. The molecule has 3 aromatic rings. The molecule has 0 bridgehead atoms. The number of aromatic nitrogens is 3. The van der Waals surface area contributed by atoms with E-state index in [0.29, 0.717) is 28.4 Å². The zero-order chi connectivity index (χ0) is 18.8. The number of pyridine rings is 1. The van der Waals surface area contributed by atoms with E-state index in [1.807, 2.05) is 16.8 Å². The number of aromatic amines is 1. The zero-order valence-corrected chi connectivity index (χ0v) is 15.7. The van der Waals surface area contributed by atoms with Crippen LogP contribution in [0.15, 0.2) is 40.2 Å². The molecule has 5 rings (SSSR count). The van der Waals surface area contributed by atoms with Crippen molar-refractivity contribution < 1.29 is 8.42 Å². The number of sulfone groups is 1. The topological polar surface area (TPSA) is 96.8 Å². The number of hydrogen-bond donors (Lipinski definition) is 2. The van der Waals surface area contributed by atoms with Gasteiger partial charge in [-0.25, -0.2) is 8.42 Å². The van der Waals surface area contributed by atoms with E-state index in [4.69, 9.17) is 0 Å². The van der Waals surface area contributed by atoms with Crippen LogP contribution in [0.4, 0.5) is 11.5 Å². The van der Waals surface area contributed by atoms with Gasteiger partial charge in [0.1, 0.15) is 5.39 Å². The molecule has 2 aliphatic rings. The van der Waals surface area contributed by atoms with E-state index in [1.54, 1.807) is 25.3 Å². The van der Waals surface area contributed by atoms with Crippen LogP contribution < -0.4 is 10.9 Å². The van der Waals surface area contributed by atoms with Gasteiger partial charge in [0.25, 0.3) is 5.56 Å². The van der Waals surface area contributed by atoms with Crippen LogP contribution in [-0.2, 0) is 22.8 Å². The molecule has 0 radical (unpaired) electrons. The van der Waals surface area contributed by atoms with Gasteiger partial charge in [-0.1, -0.05) is 0 Å². The summed E-state index contributed by atoms with van der Waals surface area (Å²) >= 11 is 0. The Labute approximate surface area is 156 Å². The summed E-state index contributed by atoms with van der Waals surface area (Å²) in [5, 5.41) is 7.99. The molecule has 27 heavy (non-hydrogen) atoms. The van der Waals surface area contributed by atoms with Crippen molar-refractivity contribution in [2.75, 3.05) is 5.32 Å². The first-order chi connectivity index (χ1) is 12.9. The van der Waals surface area contributed by atoms with Gasteiger partial charge in [0, 0.05) is 18.4 Å². The number of H-pyrrole nitrogens is 1. The molecule has 140 valence electrons. The molecule has 8 heteroatoms. The van der Waals surface area contributed by atoms with Gasteiger partial charge in [0.15, 0.2) is 15.7 Å². The van der Waals surface area contributed by atoms with E-state index in [-0.39, 0.29) is 5.56 Å². The summed E-state index contributed by atoms with van der Waals surface area (Å²) in [6.45, 7) is 2.54. The maximum atomic E-state index is 12.4. The van der Waals surface area contributed by atoms with E-state index >= 15 is 0 Å². The maximum Gasteiger partial charge on any atom is 0.261 e. The highest BCUT2D eigenvalue weighted by molar-refractivity contribution is 7.92. The van der Waals surface area contributed by atoms with Crippen molar-refractivity contribution in [2.45, 2.75) is 42.9 Å². The third kappa shape index (κ3) is 2.66. The fourth-order valence-electron chi connectivity index (χ4n) is 3.78. The second-order valence-corrected chi connectivity index (χ2v) is 9.88. The number of nitrogens with one attached hydrogen (secondary N) is 2. The van der Waals surface area contributed by atoms with E-state index in [2.05, 4.69) is 15.4 Å². The largest absolute Gasteiger partial charge is 0.338 e. The van der Waals surface area contributed by atoms with Gasteiger partial charge in [-0.05, 0) is 61.9 Å². The Hall–Kier alpha value is -2.61. The van der Waals surface area contributed by atoms with Gasteiger partial charge in [-0.2, -0.15) is 5.10 Å². The highest BCUT2D eigenvalue weighted by Gasteiger charge is 2.33. The van der Waals surface area contributed by atoms with Crippen LogP contribution in [0.1, 0.15) is 25.3 Å². The van der Waals surface area contributed by atoms with Crippen LogP contribution in [0.3, 0.4) is 0 Å². The second-order valence-electron chi connectivity index (χ2n) is 7.55. The molecule has 2 N–H and O–H groups in total. The van der Waals surface area contributed by atoms with Crippen LogP contribution in [0, 0.1) is 5.92 Å². The highest BCUT2D eigenvalue weighted by atomic mass is 32.2. The molecular weight excluding hydrogens is 364 g/mol. The van der Waals surface area contributed by atoms with E-state index in [9.17, 15) is 13.2 Å². The number of anilines is 2. The Balaban J connectivity index is 1.56. The number of hydrogen-bond acceptors (Lipinski definition) is 5. The Morgan fingerprint density at radius 2 is 2.11 bits per heavy atom. The van der Waals surface area contributed by atoms with Gasteiger partial charge < -0.3 is 10.3 Å². The minimum atomic E-state index is -3.22. The monoisotopic (exact) mass is 384 g/mol.